The van der Waals surface area contributed by atoms with Gasteiger partial charge in [-0.15, -0.1) is 0 Å². The summed E-state index contributed by atoms with van der Waals surface area (Å²) < 4.78 is 12.1. The van der Waals surface area contributed by atoms with E-state index in [9.17, 15) is 19.8 Å². The minimum atomic E-state index is -0.358. The predicted octanol–water partition coefficient (Wildman–Crippen LogP) is 14.2. The molecule has 0 fully saturated rings. The molecule has 0 atom stereocenters. The van der Waals surface area contributed by atoms with Gasteiger partial charge in [0.15, 0.2) is 11.5 Å². The second kappa shape index (κ2) is 34.6. The standard InChI is InChI=1S/C50H84O6/c1-3-5-7-9-11-13-15-17-19-21-23-25-27-29-31-37-47(53)55-49-45-36-34-33-35-43(45)44(39-41-51)46(40-42-52)50(49)56-48(54)38-32-30-28-26-24-22-20-18-16-14-12-10-8-6-4-2/h33-36,51-52H,3-32,37-42H2,1-2H3. The van der Waals surface area contributed by atoms with Gasteiger partial charge in [0.2, 0.25) is 0 Å². The molecule has 0 heterocycles. The highest BCUT2D eigenvalue weighted by atomic mass is 16.6. The van der Waals surface area contributed by atoms with Gasteiger partial charge in [-0.1, -0.05) is 218 Å². The third-order valence-corrected chi connectivity index (χ3v) is 11.5. The van der Waals surface area contributed by atoms with E-state index in [1.165, 1.54) is 154 Å². The Morgan fingerprint density at radius 1 is 0.411 bits per heavy atom. The summed E-state index contributed by atoms with van der Waals surface area (Å²) in [6.07, 6.45) is 39.0. The molecule has 56 heavy (non-hydrogen) atoms. The number of esters is 2. The van der Waals surface area contributed by atoms with Crippen molar-refractivity contribution in [1.82, 2.24) is 0 Å². The molecule has 0 radical (unpaired) electrons. The number of fused-ring (bicyclic) bond motifs is 1. The molecular formula is C50H84O6. The summed E-state index contributed by atoms with van der Waals surface area (Å²) in [5.74, 6) is -0.225. The van der Waals surface area contributed by atoms with Crippen LogP contribution in [0.1, 0.15) is 230 Å². The van der Waals surface area contributed by atoms with E-state index in [0.717, 1.165) is 49.5 Å². The molecule has 0 aliphatic rings. The van der Waals surface area contributed by atoms with Crippen LogP contribution in [0.25, 0.3) is 10.8 Å². The molecule has 0 spiro atoms. The van der Waals surface area contributed by atoms with Crippen molar-refractivity contribution in [3.05, 3.63) is 35.4 Å². The number of carbonyl (C=O) groups excluding carboxylic acids is 2. The van der Waals surface area contributed by atoms with Crippen molar-refractivity contribution in [1.29, 1.82) is 0 Å². The van der Waals surface area contributed by atoms with E-state index in [0.29, 0.717) is 23.8 Å². The Bertz CT molecular complexity index is 1270. The number of ether oxygens (including phenoxy) is 2. The monoisotopic (exact) mass is 781 g/mol. The summed E-state index contributed by atoms with van der Waals surface area (Å²) >= 11 is 0. The van der Waals surface area contributed by atoms with Crippen molar-refractivity contribution in [2.45, 2.75) is 232 Å². The maximum absolute atomic E-state index is 13.3. The van der Waals surface area contributed by atoms with Crippen LogP contribution >= 0.6 is 0 Å². The molecule has 0 saturated carbocycles. The molecule has 0 bridgehead atoms. The topological polar surface area (TPSA) is 93.1 Å². The number of hydrogen-bond donors (Lipinski definition) is 2. The average Bonchev–Trinajstić information content (AvgIpc) is 3.20. The summed E-state index contributed by atoms with van der Waals surface area (Å²) in [5.41, 5.74) is 1.44. The van der Waals surface area contributed by atoms with Gasteiger partial charge in [0.1, 0.15) is 0 Å². The van der Waals surface area contributed by atoms with Crippen LogP contribution in [0.3, 0.4) is 0 Å². The third-order valence-electron chi connectivity index (χ3n) is 11.5. The molecule has 0 aromatic heterocycles. The van der Waals surface area contributed by atoms with E-state index in [2.05, 4.69) is 13.8 Å². The maximum Gasteiger partial charge on any atom is 0.311 e. The number of aliphatic hydroxyl groups is 2. The van der Waals surface area contributed by atoms with Crippen LogP contribution in [0, 0.1) is 0 Å². The highest BCUT2D eigenvalue weighted by Gasteiger charge is 2.25. The van der Waals surface area contributed by atoms with E-state index in [1.807, 2.05) is 24.3 Å². The van der Waals surface area contributed by atoms with Crippen LogP contribution in [-0.2, 0) is 22.4 Å². The van der Waals surface area contributed by atoms with Gasteiger partial charge in [0.25, 0.3) is 0 Å². The zero-order chi connectivity index (χ0) is 40.3. The summed E-state index contributed by atoms with van der Waals surface area (Å²) in [4.78, 5) is 26.6. The molecule has 6 heteroatoms. The predicted molar refractivity (Wildman–Crippen MR) is 236 cm³/mol. The van der Waals surface area contributed by atoms with Crippen molar-refractivity contribution in [2.24, 2.45) is 0 Å². The lowest BCUT2D eigenvalue weighted by Crippen LogP contribution is -2.16. The molecule has 2 rings (SSSR count). The Morgan fingerprint density at radius 3 is 1.07 bits per heavy atom. The third kappa shape index (κ3) is 22.5. The van der Waals surface area contributed by atoms with Gasteiger partial charge in [-0.25, -0.2) is 0 Å². The van der Waals surface area contributed by atoms with Gasteiger partial charge >= 0.3 is 11.9 Å². The molecule has 0 aliphatic heterocycles. The largest absolute Gasteiger partial charge is 0.422 e. The lowest BCUT2D eigenvalue weighted by Gasteiger charge is -2.21. The Morgan fingerprint density at radius 2 is 0.714 bits per heavy atom. The molecule has 2 aromatic carbocycles. The highest BCUT2D eigenvalue weighted by molar-refractivity contribution is 5.97. The first kappa shape index (κ1) is 49.7. The van der Waals surface area contributed by atoms with Crippen molar-refractivity contribution in [3.8, 4) is 11.5 Å². The molecule has 0 aliphatic carbocycles. The first-order valence-electron chi connectivity index (χ1n) is 23.8. The molecule has 320 valence electrons. The van der Waals surface area contributed by atoms with Gasteiger partial charge in [0, 0.05) is 37.0 Å². The zero-order valence-electron chi connectivity index (χ0n) is 36.3. The van der Waals surface area contributed by atoms with Crippen molar-refractivity contribution in [2.75, 3.05) is 13.2 Å². The fraction of sp³-hybridized carbons (Fsp3) is 0.760. The Kier molecular flexibility index (Phi) is 30.7. The summed E-state index contributed by atoms with van der Waals surface area (Å²) in [7, 11) is 0. The Hall–Kier alpha value is -2.44. The van der Waals surface area contributed by atoms with Crippen LogP contribution < -0.4 is 9.47 Å². The van der Waals surface area contributed by atoms with E-state index < -0.39 is 0 Å². The van der Waals surface area contributed by atoms with Crippen molar-refractivity contribution < 1.29 is 29.3 Å². The highest BCUT2D eigenvalue weighted by Crippen LogP contribution is 2.43. The van der Waals surface area contributed by atoms with Crippen LogP contribution in [0.15, 0.2) is 24.3 Å². The van der Waals surface area contributed by atoms with E-state index in [-0.39, 0.29) is 49.5 Å². The quantitative estimate of drug-likeness (QED) is 0.0400. The number of unbranched alkanes of at least 4 members (excludes halogenated alkanes) is 28. The molecule has 0 saturated heterocycles. The maximum atomic E-state index is 13.3. The van der Waals surface area contributed by atoms with Crippen molar-refractivity contribution >= 4 is 22.7 Å². The number of aliphatic hydroxyl groups excluding tert-OH is 2. The fourth-order valence-electron chi connectivity index (χ4n) is 8.10. The van der Waals surface area contributed by atoms with Crippen molar-refractivity contribution in [3.63, 3.8) is 0 Å². The first-order chi connectivity index (χ1) is 27.6. The first-order valence-corrected chi connectivity index (χ1v) is 23.8. The number of rotatable bonds is 38. The van der Waals surface area contributed by atoms with E-state index in [1.54, 1.807) is 0 Å². The van der Waals surface area contributed by atoms with Gasteiger partial charge in [-0.2, -0.15) is 0 Å². The minimum absolute atomic E-state index is 0.0900. The number of hydrogen-bond acceptors (Lipinski definition) is 6. The number of benzene rings is 2. The number of carbonyl (C=O) groups is 2. The average molecular weight is 781 g/mol. The SMILES string of the molecule is CCCCCCCCCCCCCCCCCC(=O)Oc1c(CCO)c(CCO)c2ccccc2c1OC(=O)CCCCCCCCCCCCCCCCC. The van der Waals surface area contributed by atoms with Gasteiger partial charge in [-0.05, 0) is 36.6 Å². The van der Waals surface area contributed by atoms with Crippen LogP contribution in [0.4, 0.5) is 0 Å². The second-order valence-electron chi connectivity index (χ2n) is 16.5. The lowest BCUT2D eigenvalue weighted by molar-refractivity contribution is -0.137. The molecule has 0 unspecified atom stereocenters. The normalized spacial score (nSPS) is 11.4. The molecular weight excluding hydrogens is 697 g/mol. The fourth-order valence-corrected chi connectivity index (χ4v) is 8.10. The lowest BCUT2D eigenvalue weighted by atomic mass is 9.93. The molecule has 2 N–H and O–H groups in total. The summed E-state index contributed by atoms with van der Waals surface area (Å²) in [6, 6.07) is 7.61. The van der Waals surface area contributed by atoms with Gasteiger partial charge in [0.05, 0.1) is 0 Å². The summed E-state index contributed by atoms with van der Waals surface area (Å²) in [6.45, 7) is 4.29. The molecule has 0 amide bonds. The smallest absolute Gasteiger partial charge is 0.311 e. The Labute approximate surface area is 343 Å². The van der Waals surface area contributed by atoms with Crippen LogP contribution in [0.5, 0.6) is 11.5 Å². The van der Waals surface area contributed by atoms with Gasteiger partial charge in [-0.3, -0.25) is 9.59 Å². The van der Waals surface area contributed by atoms with Crippen LogP contribution in [-0.4, -0.2) is 35.4 Å². The summed E-state index contributed by atoms with van der Waals surface area (Å²) in [5, 5.41) is 21.5. The van der Waals surface area contributed by atoms with E-state index >= 15 is 0 Å². The Balaban J connectivity index is 1.82. The van der Waals surface area contributed by atoms with Crippen LogP contribution in [0.2, 0.25) is 0 Å². The van der Waals surface area contributed by atoms with E-state index in [4.69, 9.17) is 9.47 Å². The molecule has 6 nitrogen and oxygen atoms in total. The second-order valence-corrected chi connectivity index (χ2v) is 16.5. The molecule has 2 aromatic rings. The minimum Gasteiger partial charge on any atom is -0.422 e. The zero-order valence-corrected chi connectivity index (χ0v) is 36.3. The van der Waals surface area contributed by atoms with Gasteiger partial charge < -0.3 is 19.7 Å².